The van der Waals surface area contributed by atoms with Crippen molar-refractivity contribution in [1.82, 2.24) is 14.7 Å². The van der Waals surface area contributed by atoms with E-state index in [0.717, 1.165) is 12.1 Å². The van der Waals surface area contributed by atoms with Crippen LogP contribution in [0.2, 0.25) is 0 Å². The lowest BCUT2D eigenvalue weighted by Gasteiger charge is -2.37. The minimum Gasteiger partial charge on any atom is -0.478 e. The number of rotatable bonds is 6. The lowest BCUT2D eigenvalue weighted by molar-refractivity contribution is -0.137. The van der Waals surface area contributed by atoms with E-state index < -0.39 is 34.8 Å². The molecule has 11 heteroatoms. The van der Waals surface area contributed by atoms with Gasteiger partial charge in [-0.15, -0.1) is 0 Å². The fourth-order valence-corrected chi connectivity index (χ4v) is 4.28. The fourth-order valence-electron chi connectivity index (χ4n) is 4.28. The second kappa shape index (κ2) is 10.7. The highest BCUT2D eigenvalue weighted by molar-refractivity contribution is 5.88. The van der Waals surface area contributed by atoms with Crippen molar-refractivity contribution in [1.29, 1.82) is 0 Å². The molecule has 1 aromatic heterocycles. The number of carboxylic acid groups (broad SMARTS) is 1. The van der Waals surface area contributed by atoms with Gasteiger partial charge in [-0.1, -0.05) is 26.8 Å². The molecular formula is C27H35F3N4O4. The van der Waals surface area contributed by atoms with Crippen LogP contribution in [0.1, 0.15) is 47.1 Å². The Kier molecular flexibility index (Phi) is 8.18. The number of aromatic nitrogens is 2. The summed E-state index contributed by atoms with van der Waals surface area (Å²) in [6, 6.07) is 6.64. The molecule has 0 radical (unpaired) electrons. The van der Waals surface area contributed by atoms with E-state index in [4.69, 9.17) is 4.74 Å². The Bertz CT molecular complexity index is 1170. The topological polar surface area (TPSA) is 87.9 Å². The lowest BCUT2D eigenvalue weighted by atomic mass is 9.93. The summed E-state index contributed by atoms with van der Waals surface area (Å²) in [5.74, 6) is -0.636. The first kappa shape index (κ1) is 29.1. The van der Waals surface area contributed by atoms with E-state index in [9.17, 15) is 27.9 Å². The molecule has 0 fully saturated rings. The molecule has 1 N–H and O–H groups in total. The number of benzene rings is 1. The van der Waals surface area contributed by atoms with Crippen LogP contribution in [0.5, 0.6) is 0 Å². The third-order valence-corrected chi connectivity index (χ3v) is 5.72. The summed E-state index contributed by atoms with van der Waals surface area (Å²) < 4.78 is 46.6. The zero-order valence-corrected chi connectivity index (χ0v) is 22.5. The molecule has 1 aliphatic rings. The van der Waals surface area contributed by atoms with E-state index in [1.165, 1.54) is 17.0 Å². The molecule has 0 saturated carbocycles. The average Bonchev–Trinajstić information content (AvgIpc) is 3.23. The average molecular weight is 537 g/mol. The summed E-state index contributed by atoms with van der Waals surface area (Å²) in [6.45, 7) is 11.6. The number of aliphatic carboxylic acids is 1. The van der Waals surface area contributed by atoms with Crippen LogP contribution in [0.3, 0.4) is 0 Å². The van der Waals surface area contributed by atoms with Gasteiger partial charge >= 0.3 is 18.2 Å². The van der Waals surface area contributed by atoms with Gasteiger partial charge in [0.2, 0.25) is 0 Å². The van der Waals surface area contributed by atoms with Gasteiger partial charge in [-0.2, -0.15) is 18.3 Å². The normalized spacial score (nSPS) is 16.7. The highest BCUT2D eigenvalue weighted by Crippen LogP contribution is 2.35. The number of alkyl halides is 3. The third kappa shape index (κ3) is 7.75. The van der Waals surface area contributed by atoms with Crippen LogP contribution in [-0.4, -0.2) is 57.1 Å². The summed E-state index contributed by atoms with van der Waals surface area (Å²) >= 11 is 0. The number of fused-ring (bicyclic) bond motifs is 1. The van der Waals surface area contributed by atoms with E-state index >= 15 is 0 Å². The molecule has 0 bridgehead atoms. The summed E-state index contributed by atoms with van der Waals surface area (Å²) in [4.78, 5) is 28.4. The van der Waals surface area contributed by atoms with Crippen LogP contribution in [0.15, 0.2) is 48.2 Å². The molecule has 0 saturated heterocycles. The maximum Gasteiger partial charge on any atom is 0.416 e. The minimum atomic E-state index is -4.44. The number of hydrogen-bond acceptors (Lipinski definition) is 5. The van der Waals surface area contributed by atoms with E-state index in [2.05, 4.69) is 5.10 Å². The molecule has 1 aromatic carbocycles. The summed E-state index contributed by atoms with van der Waals surface area (Å²) in [5, 5.41) is 14.2. The predicted molar refractivity (Wildman–Crippen MR) is 137 cm³/mol. The van der Waals surface area contributed by atoms with Crippen LogP contribution in [0, 0.1) is 11.3 Å². The molecule has 0 spiro atoms. The first-order valence-electron chi connectivity index (χ1n) is 12.3. The Morgan fingerprint density at radius 3 is 2.24 bits per heavy atom. The fraction of sp³-hybridized carbons (Fsp3) is 0.519. The molecule has 3 rings (SSSR count). The maximum absolute atomic E-state index is 13.2. The molecule has 1 aliphatic heterocycles. The van der Waals surface area contributed by atoms with Crippen molar-refractivity contribution in [3.8, 4) is 0 Å². The van der Waals surface area contributed by atoms with Gasteiger partial charge in [-0.3, -0.25) is 0 Å². The number of halogens is 3. The number of hydrogen-bond donors (Lipinski definition) is 1. The highest BCUT2D eigenvalue weighted by atomic mass is 19.4. The molecule has 1 amide bonds. The standard InChI is InChI=1S/C27H35F3N4O4/c1-25(2,3)13-19(23(35)36)17-32(24(37)38-26(4,5)6)14-18-15-33(22-11-12-31-34(22)16-18)21-9-7-20(8-10-21)27(28,29)30/h7-13,18H,14-17H2,1-6H3,(H,35,36). The monoisotopic (exact) mass is 536 g/mol. The highest BCUT2D eigenvalue weighted by Gasteiger charge is 2.33. The smallest absolute Gasteiger partial charge is 0.416 e. The zero-order valence-electron chi connectivity index (χ0n) is 22.5. The first-order valence-corrected chi connectivity index (χ1v) is 12.3. The Balaban J connectivity index is 1.91. The van der Waals surface area contributed by atoms with Crippen LogP contribution in [0.4, 0.5) is 29.5 Å². The van der Waals surface area contributed by atoms with E-state index in [1.54, 1.807) is 43.8 Å². The van der Waals surface area contributed by atoms with Crippen molar-refractivity contribution < 1.29 is 32.6 Å². The van der Waals surface area contributed by atoms with Crippen molar-refractivity contribution >= 4 is 23.6 Å². The van der Waals surface area contributed by atoms with Gasteiger partial charge in [0.1, 0.15) is 11.4 Å². The van der Waals surface area contributed by atoms with Crippen LogP contribution in [-0.2, 0) is 22.3 Å². The number of carboxylic acids is 1. The molecule has 1 atom stereocenters. The van der Waals surface area contributed by atoms with Gasteiger partial charge in [-0.25, -0.2) is 14.3 Å². The second-order valence-electron chi connectivity index (χ2n) is 11.6. The van der Waals surface area contributed by atoms with Crippen molar-refractivity contribution in [2.45, 2.75) is 59.9 Å². The van der Waals surface area contributed by atoms with Crippen LogP contribution < -0.4 is 4.90 Å². The number of allylic oxidation sites excluding steroid dienone is 1. The van der Waals surface area contributed by atoms with Gasteiger partial charge in [-0.05, 0) is 50.5 Å². The van der Waals surface area contributed by atoms with Crippen molar-refractivity contribution in [2.24, 2.45) is 11.3 Å². The van der Waals surface area contributed by atoms with E-state index in [0.29, 0.717) is 24.6 Å². The summed E-state index contributed by atoms with van der Waals surface area (Å²) in [5.41, 5.74) is -1.35. The molecule has 8 nitrogen and oxygen atoms in total. The maximum atomic E-state index is 13.2. The SMILES string of the molecule is CC(C)(C)C=C(CN(CC1CN(c2ccc(C(F)(F)F)cc2)c2ccnn2C1)C(=O)OC(C)(C)C)C(=O)O. The summed E-state index contributed by atoms with van der Waals surface area (Å²) in [6.07, 6.45) is -1.87. The Morgan fingerprint density at radius 2 is 1.71 bits per heavy atom. The molecule has 0 aliphatic carbocycles. The number of carbonyl (C=O) groups excluding carboxylic acids is 1. The molecule has 38 heavy (non-hydrogen) atoms. The van der Waals surface area contributed by atoms with E-state index in [-0.39, 0.29) is 24.6 Å². The third-order valence-electron chi connectivity index (χ3n) is 5.72. The first-order chi connectivity index (χ1) is 17.4. The molecule has 208 valence electrons. The van der Waals surface area contributed by atoms with Crippen LogP contribution in [0.25, 0.3) is 0 Å². The lowest BCUT2D eigenvalue weighted by Crippen LogP contribution is -2.46. The predicted octanol–water partition coefficient (Wildman–Crippen LogP) is 5.96. The van der Waals surface area contributed by atoms with E-state index in [1.807, 2.05) is 25.7 Å². The molecule has 2 heterocycles. The quantitative estimate of drug-likeness (QED) is 0.458. The van der Waals surface area contributed by atoms with Crippen molar-refractivity contribution in [2.75, 3.05) is 24.5 Å². The Labute approximate surface area is 220 Å². The number of amides is 1. The van der Waals surface area contributed by atoms with Gasteiger partial charge < -0.3 is 19.6 Å². The Hall–Kier alpha value is -3.50. The largest absolute Gasteiger partial charge is 0.478 e. The van der Waals surface area contributed by atoms with Gasteiger partial charge in [0.25, 0.3) is 0 Å². The van der Waals surface area contributed by atoms with Gasteiger partial charge in [0, 0.05) is 37.3 Å². The Morgan fingerprint density at radius 1 is 1.08 bits per heavy atom. The number of ether oxygens (including phenoxy) is 1. The van der Waals surface area contributed by atoms with Gasteiger partial charge in [0.15, 0.2) is 0 Å². The minimum absolute atomic E-state index is 0.0681. The molecule has 2 aromatic rings. The van der Waals surface area contributed by atoms with Crippen molar-refractivity contribution in [3.63, 3.8) is 0 Å². The second-order valence-corrected chi connectivity index (χ2v) is 11.6. The number of anilines is 2. The summed E-state index contributed by atoms with van der Waals surface area (Å²) in [7, 11) is 0. The zero-order chi connectivity index (χ0) is 28.5. The van der Waals surface area contributed by atoms with Crippen molar-refractivity contribution in [3.05, 3.63) is 53.7 Å². The van der Waals surface area contributed by atoms with Gasteiger partial charge in [0.05, 0.1) is 23.9 Å². The number of nitrogens with zero attached hydrogens (tertiary/aromatic N) is 4. The molecule has 1 unspecified atom stereocenters. The number of carbonyl (C=O) groups is 2. The molecular weight excluding hydrogens is 501 g/mol. The van der Waals surface area contributed by atoms with Crippen LogP contribution >= 0.6 is 0 Å².